The third-order valence-electron chi connectivity index (χ3n) is 2.23. The van der Waals surface area contributed by atoms with E-state index in [2.05, 4.69) is 42.8 Å². The Morgan fingerprint density at radius 3 is 2.46 bits per heavy atom. The molecule has 1 aromatic carbocycles. The lowest BCUT2D eigenvalue weighted by atomic mass is 10.00. The molecule has 1 N–H and O–H groups in total. The lowest BCUT2D eigenvalue weighted by Gasteiger charge is -2.12. The summed E-state index contributed by atoms with van der Waals surface area (Å²) >= 11 is 3.41. The summed E-state index contributed by atoms with van der Waals surface area (Å²) in [6, 6.07) is 4.07. The van der Waals surface area contributed by atoms with Crippen LogP contribution in [0.5, 0.6) is 5.75 Å². The minimum absolute atomic E-state index is 0.363. The largest absolute Gasteiger partial charge is 0.506 e. The molecule has 13 heavy (non-hydrogen) atoms. The second-order valence-corrected chi connectivity index (χ2v) is 4.28. The van der Waals surface area contributed by atoms with Crippen LogP contribution >= 0.6 is 15.9 Å². The molecular formula is C11H15BrO. The molecule has 0 radical (unpaired) electrons. The summed E-state index contributed by atoms with van der Waals surface area (Å²) in [7, 11) is 0. The predicted molar refractivity (Wildman–Crippen MR) is 59.3 cm³/mol. The smallest absolute Gasteiger partial charge is 0.133 e. The Morgan fingerprint density at radius 1 is 1.38 bits per heavy atom. The van der Waals surface area contributed by atoms with Gasteiger partial charge in [0.25, 0.3) is 0 Å². The summed E-state index contributed by atoms with van der Waals surface area (Å²) in [5, 5.41) is 9.83. The van der Waals surface area contributed by atoms with Gasteiger partial charge >= 0.3 is 0 Å². The van der Waals surface area contributed by atoms with Gasteiger partial charge in [0.2, 0.25) is 0 Å². The second kappa shape index (κ2) is 4.14. The molecule has 1 aromatic rings. The minimum Gasteiger partial charge on any atom is -0.506 e. The Kier molecular flexibility index (Phi) is 3.37. The molecule has 0 spiro atoms. The Labute approximate surface area is 87.9 Å². The quantitative estimate of drug-likeness (QED) is 0.836. The molecule has 0 amide bonds. The minimum atomic E-state index is 0.363. The van der Waals surface area contributed by atoms with Gasteiger partial charge in [0.05, 0.1) is 4.47 Å². The van der Waals surface area contributed by atoms with Crippen LogP contribution in [-0.2, 0) is 6.42 Å². The van der Waals surface area contributed by atoms with Crippen molar-refractivity contribution < 1.29 is 5.11 Å². The SMILES string of the molecule is CCc1ccc(C(C)C)c(O)c1Br. The maximum absolute atomic E-state index is 9.83. The van der Waals surface area contributed by atoms with Gasteiger partial charge in [-0.2, -0.15) is 0 Å². The number of phenols is 1. The lowest BCUT2D eigenvalue weighted by Crippen LogP contribution is -1.92. The molecule has 0 atom stereocenters. The van der Waals surface area contributed by atoms with Crippen molar-refractivity contribution in [3.8, 4) is 5.75 Å². The fraction of sp³-hybridized carbons (Fsp3) is 0.455. The first-order valence-corrected chi connectivity index (χ1v) is 5.37. The summed E-state index contributed by atoms with van der Waals surface area (Å²) in [6.07, 6.45) is 0.937. The van der Waals surface area contributed by atoms with E-state index in [-0.39, 0.29) is 0 Å². The Hall–Kier alpha value is -0.500. The molecule has 2 heteroatoms. The van der Waals surface area contributed by atoms with Crippen LogP contribution in [0.3, 0.4) is 0 Å². The number of hydrogen-bond donors (Lipinski definition) is 1. The Bertz CT molecular complexity index is 305. The molecule has 0 aromatic heterocycles. The normalized spacial score (nSPS) is 10.8. The highest BCUT2D eigenvalue weighted by molar-refractivity contribution is 9.10. The standard InChI is InChI=1S/C11H15BrO/c1-4-8-5-6-9(7(2)3)11(13)10(8)12/h5-7,13H,4H2,1-3H3. The second-order valence-electron chi connectivity index (χ2n) is 3.48. The van der Waals surface area contributed by atoms with E-state index < -0.39 is 0 Å². The van der Waals surface area contributed by atoms with Crippen LogP contribution in [0.2, 0.25) is 0 Å². The van der Waals surface area contributed by atoms with E-state index in [0.717, 1.165) is 22.0 Å². The van der Waals surface area contributed by atoms with Gasteiger partial charge in [-0.3, -0.25) is 0 Å². The van der Waals surface area contributed by atoms with Crippen molar-refractivity contribution in [3.63, 3.8) is 0 Å². The highest BCUT2D eigenvalue weighted by Gasteiger charge is 2.11. The average molecular weight is 243 g/mol. The van der Waals surface area contributed by atoms with Crippen molar-refractivity contribution in [1.29, 1.82) is 0 Å². The monoisotopic (exact) mass is 242 g/mol. The molecule has 0 unspecified atom stereocenters. The van der Waals surface area contributed by atoms with Crippen molar-refractivity contribution in [1.82, 2.24) is 0 Å². The molecule has 72 valence electrons. The van der Waals surface area contributed by atoms with Gasteiger partial charge in [-0.15, -0.1) is 0 Å². The average Bonchev–Trinajstić information content (AvgIpc) is 2.09. The molecule has 0 heterocycles. The first kappa shape index (κ1) is 10.6. The van der Waals surface area contributed by atoms with Crippen LogP contribution in [0.1, 0.15) is 37.8 Å². The molecule has 0 saturated carbocycles. The molecule has 0 aliphatic carbocycles. The van der Waals surface area contributed by atoms with Crippen molar-refractivity contribution in [3.05, 3.63) is 27.7 Å². The third kappa shape index (κ3) is 2.05. The summed E-state index contributed by atoms with van der Waals surface area (Å²) in [5.41, 5.74) is 2.16. The van der Waals surface area contributed by atoms with Crippen molar-refractivity contribution in [2.75, 3.05) is 0 Å². The van der Waals surface area contributed by atoms with Gasteiger partial charge in [0.15, 0.2) is 0 Å². The number of rotatable bonds is 2. The first-order valence-electron chi connectivity index (χ1n) is 4.58. The molecule has 0 aliphatic rings. The van der Waals surface area contributed by atoms with E-state index in [1.54, 1.807) is 0 Å². The zero-order valence-electron chi connectivity index (χ0n) is 8.26. The lowest BCUT2D eigenvalue weighted by molar-refractivity contribution is 0.460. The Morgan fingerprint density at radius 2 is 2.00 bits per heavy atom. The molecular weight excluding hydrogens is 228 g/mol. The van der Waals surface area contributed by atoms with Crippen molar-refractivity contribution in [2.24, 2.45) is 0 Å². The summed E-state index contributed by atoms with van der Waals surface area (Å²) in [5.74, 6) is 0.761. The van der Waals surface area contributed by atoms with Gasteiger partial charge in [0.1, 0.15) is 5.75 Å². The maximum atomic E-state index is 9.83. The predicted octanol–water partition coefficient (Wildman–Crippen LogP) is 3.84. The summed E-state index contributed by atoms with van der Waals surface area (Å²) < 4.78 is 0.848. The van der Waals surface area contributed by atoms with E-state index in [0.29, 0.717) is 11.7 Å². The van der Waals surface area contributed by atoms with Crippen LogP contribution in [0, 0.1) is 0 Å². The molecule has 0 aliphatic heterocycles. The molecule has 0 fully saturated rings. The molecule has 1 rings (SSSR count). The third-order valence-corrected chi connectivity index (χ3v) is 3.12. The highest BCUT2D eigenvalue weighted by Crippen LogP contribution is 2.35. The van der Waals surface area contributed by atoms with Gasteiger partial charge in [-0.1, -0.05) is 32.9 Å². The van der Waals surface area contributed by atoms with Crippen LogP contribution < -0.4 is 0 Å². The maximum Gasteiger partial charge on any atom is 0.133 e. The van der Waals surface area contributed by atoms with Crippen LogP contribution in [0.4, 0.5) is 0 Å². The summed E-state index contributed by atoms with van der Waals surface area (Å²) in [6.45, 7) is 6.23. The molecule has 1 nitrogen and oxygen atoms in total. The highest BCUT2D eigenvalue weighted by atomic mass is 79.9. The van der Waals surface area contributed by atoms with Crippen LogP contribution in [-0.4, -0.2) is 5.11 Å². The van der Waals surface area contributed by atoms with Gasteiger partial charge < -0.3 is 5.11 Å². The topological polar surface area (TPSA) is 20.2 Å². The Balaban J connectivity index is 3.23. The van der Waals surface area contributed by atoms with E-state index in [4.69, 9.17) is 0 Å². The van der Waals surface area contributed by atoms with Crippen LogP contribution in [0.25, 0.3) is 0 Å². The number of benzene rings is 1. The van der Waals surface area contributed by atoms with Crippen molar-refractivity contribution in [2.45, 2.75) is 33.1 Å². The van der Waals surface area contributed by atoms with Gasteiger partial charge in [-0.25, -0.2) is 0 Å². The number of aryl methyl sites for hydroxylation is 1. The van der Waals surface area contributed by atoms with E-state index in [9.17, 15) is 5.11 Å². The fourth-order valence-corrected chi connectivity index (χ4v) is 2.00. The number of hydrogen-bond acceptors (Lipinski definition) is 1. The first-order chi connectivity index (χ1) is 6.07. The molecule has 0 bridgehead atoms. The van der Waals surface area contributed by atoms with Crippen LogP contribution in [0.15, 0.2) is 16.6 Å². The molecule has 0 saturated heterocycles. The number of aromatic hydroxyl groups is 1. The fourth-order valence-electron chi connectivity index (χ4n) is 1.36. The zero-order chi connectivity index (χ0) is 10.0. The number of phenolic OH excluding ortho intramolecular Hbond substituents is 1. The van der Waals surface area contributed by atoms with Gasteiger partial charge in [0, 0.05) is 0 Å². The zero-order valence-corrected chi connectivity index (χ0v) is 9.85. The van der Waals surface area contributed by atoms with Gasteiger partial charge in [-0.05, 0) is 39.4 Å². The van der Waals surface area contributed by atoms with Crippen molar-refractivity contribution >= 4 is 15.9 Å². The number of halogens is 1. The summed E-state index contributed by atoms with van der Waals surface area (Å²) in [4.78, 5) is 0. The van der Waals surface area contributed by atoms with E-state index in [1.165, 1.54) is 0 Å². The van der Waals surface area contributed by atoms with E-state index in [1.807, 2.05) is 6.07 Å². The van der Waals surface area contributed by atoms with E-state index >= 15 is 0 Å².